The minimum absolute atomic E-state index is 0.179. The molecule has 11 heavy (non-hydrogen) atoms. The third-order valence-corrected chi connectivity index (χ3v) is 1.17. The Kier molecular flexibility index (Phi) is 2.00. The average molecular weight is 155 g/mol. The highest BCUT2D eigenvalue weighted by Crippen LogP contribution is 2.01. The summed E-state index contributed by atoms with van der Waals surface area (Å²) in [6.07, 6.45) is 2.24. The molecule has 0 N–H and O–H groups in total. The molecule has 5 heteroatoms. The number of ether oxygens (including phenoxy) is 1. The Balaban J connectivity index is 2.52. The van der Waals surface area contributed by atoms with Crippen molar-refractivity contribution in [2.45, 2.75) is 0 Å². The van der Waals surface area contributed by atoms with Crippen molar-refractivity contribution in [3.8, 4) is 0 Å². The molecule has 1 heterocycles. The molecule has 1 rings (SSSR count). The first-order chi connectivity index (χ1) is 5.25. The third kappa shape index (κ3) is 1.43. The zero-order valence-corrected chi connectivity index (χ0v) is 5.52. The van der Waals surface area contributed by atoms with E-state index >= 15 is 0 Å². The van der Waals surface area contributed by atoms with Gasteiger partial charge in [0.25, 0.3) is 18.3 Å². The maximum absolute atomic E-state index is 10.7. The van der Waals surface area contributed by atoms with Gasteiger partial charge in [-0.2, -0.15) is 0 Å². The van der Waals surface area contributed by atoms with E-state index in [1.54, 1.807) is 0 Å². The molecule has 0 saturated carbocycles. The molecule has 1 aliphatic rings. The SMILES string of the molecule is O=COCN1C(=O)C=CC1=O. The van der Waals surface area contributed by atoms with Crippen molar-refractivity contribution in [2.24, 2.45) is 0 Å². The fraction of sp³-hybridized carbons (Fsp3) is 0.167. The molecule has 58 valence electrons. The van der Waals surface area contributed by atoms with Crippen LogP contribution in [0.4, 0.5) is 0 Å². The fourth-order valence-corrected chi connectivity index (χ4v) is 0.663. The summed E-state index contributed by atoms with van der Waals surface area (Å²) in [7, 11) is 0. The highest BCUT2D eigenvalue weighted by molar-refractivity contribution is 6.12. The summed E-state index contributed by atoms with van der Waals surface area (Å²) in [5.74, 6) is -0.922. The van der Waals surface area contributed by atoms with E-state index in [2.05, 4.69) is 4.74 Å². The lowest BCUT2D eigenvalue weighted by molar-refractivity contribution is -0.146. The zero-order chi connectivity index (χ0) is 8.27. The molecule has 0 spiro atoms. The van der Waals surface area contributed by atoms with Crippen LogP contribution in [0.3, 0.4) is 0 Å². The largest absolute Gasteiger partial charge is 0.446 e. The molecular weight excluding hydrogens is 150 g/mol. The molecule has 0 aliphatic carbocycles. The van der Waals surface area contributed by atoms with E-state index in [1.165, 1.54) is 0 Å². The quantitative estimate of drug-likeness (QED) is 0.389. The highest BCUT2D eigenvalue weighted by Gasteiger charge is 2.22. The van der Waals surface area contributed by atoms with Crippen LogP contribution in [0.2, 0.25) is 0 Å². The summed E-state index contributed by atoms with van der Waals surface area (Å²) >= 11 is 0. The van der Waals surface area contributed by atoms with Gasteiger partial charge in [0.2, 0.25) is 0 Å². The number of rotatable bonds is 3. The topological polar surface area (TPSA) is 63.7 Å². The van der Waals surface area contributed by atoms with Crippen LogP contribution in [0.15, 0.2) is 12.2 Å². The van der Waals surface area contributed by atoms with Gasteiger partial charge in [0.05, 0.1) is 0 Å². The monoisotopic (exact) mass is 155 g/mol. The van der Waals surface area contributed by atoms with Gasteiger partial charge in [0.1, 0.15) is 0 Å². The molecule has 0 bridgehead atoms. The van der Waals surface area contributed by atoms with E-state index in [0.717, 1.165) is 17.1 Å². The summed E-state index contributed by atoms with van der Waals surface area (Å²) in [6.45, 7) is -0.132. The van der Waals surface area contributed by atoms with E-state index in [0.29, 0.717) is 0 Å². The van der Waals surface area contributed by atoms with Crippen LogP contribution in [-0.2, 0) is 19.1 Å². The first kappa shape index (κ1) is 7.46. The smallest absolute Gasteiger partial charge is 0.294 e. The molecule has 0 fully saturated rings. The van der Waals surface area contributed by atoms with Crippen LogP contribution < -0.4 is 0 Å². The zero-order valence-electron chi connectivity index (χ0n) is 5.52. The van der Waals surface area contributed by atoms with Gasteiger partial charge in [-0.3, -0.25) is 14.4 Å². The second-order valence-corrected chi connectivity index (χ2v) is 1.83. The summed E-state index contributed by atoms with van der Waals surface area (Å²) in [5.41, 5.74) is 0. The number of amides is 2. The Labute approximate surface area is 62.2 Å². The van der Waals surface area contributed by atoms with Crippen LogP contribution in [0.25, 0.3) is 0 Å². The van der Waals surface area contributed by atoms with E-state index in [4.69, 9.17) is 0 Å². The number of carbonyl (C=O) groups is 3. The lowest BCUT2D eigenvalue weighted by Crippen LogP contribution is -2.31. The summed E-state index contributed by atoms with van der Waals surface area (Å²) in [6, 6.07) is 0. The Hall–Kier alpha value is -1.65. The second kappa shape index (κ2) is 2.96. The molecular formula is C6H5NO4. The minimum atomic E-state index is -0.461. The predicted octanol–water partition coefficient (Wildman–Crippen LogP) is -0.958. The van der Waals surface area contributed by atoms with Crippen molar-refractivity contribution in [3.05, 3.63) is 12.2 Å². The molecule has 2 amide bonds. The summed E-state index contributed by atoms with van der Waals surface area (Å²) in [5, 5.41) is 0. The maximum Gasteiger partial charge on any atom is 0.294 e. The molecule has 0 unspecified atom stereocenters. The van der Waals surface area contributed by atoms with Gasteiger partial charge in [0, 0.05) is 12.2 Å². The van der Waals surface area contributed by atoms with Gasteiger partial charge in [-0.1, -0.05) is 0 Å². The Bertz CT molecular complexity index is 215. The number of carbonyl (C=O) groups excluding carboxylic acids is 3. The van der Waals surface area contributed by atoms with Crippen molar-refractivity contribution in [1.29, 1.82) is 0 Å². The van der Waals surface area contributed by atoms with E-state index in [9.17, 15) is 14.4 Å². The van der Waals surface area contributed by atoms with Gasteiger partial charge in [0.15, 0.2) is 6.73 Å². The van der Waals surface area contributed by atoms with Crippen LogP contribution >= 0.6 is 0 Å². The van der Waals surface area contributed by atoms with Crippen LogP contribution in [-0.4, -0.2) is 29.9 Å². The molecule has 5 nitrogen and oxygen atoms in total. The third-order valence-electron chi connectivity index (χ3n) is 1.17. The Morgan fingerprint density at radius 1 is 1.36 bits per heavy atom. The maximum atomic E-state index is 10.7. The molecule has 0 aromatic heterocycles. The number of nitrogens with zero attached hydrogens (tertiary/aromatic N) is 1. The van der Waals surface area contributed by atoms with Crippen molar-refractivity contribution in [3.63, 3.8) is 0 Å². The molecule has 0 saturated heterocycles. The van der Waals surface area contributed by atoms with Crippen LogP contribution in [0.1, 0.15) is 0 Å². The van der Waals surface area contributed by atoms with Crippen LogP contribution in [0.5, 0.6) is 0 Å². The number of imide groups is 1. The van der Waals surface area contributed by atoms with Gasteiger partial charge in [-0.25, -0.2) is 4.90 Å². The van der Waals surface area contributed by atoms with Gasteiger partial charge in [-0.05, 0) is 0 Å². The molecule has 1 aliphatic heterocycles. The Morgan fingerprint density at radius 3 is 2.36 bits per heavy atom. The molecule has 0 atom stereocenters. The van der Waals surface area contributed by atoms with Crippen molar-refractivity contribution >= 4 is 18.3 Å². The van der Waals surface area contributed by atoms with Gasteiger partial charge < -0.3 is 4.74 Å². The standard InChI is InChI=1S/C6H5NO4/c8-4-11-3-7-5(9)1-2-6(7)10/h1-2,4H,3H2. The van der Waals surface area contributed by atoms with Crippen LogP contribution in [0, 0.1) is 0 Å². The van der Waals surface area contributed by atoms with E-state index < -0.39 is 11.8 Å². The normalized spacial score (nSPS) is 15.8. The van der Waals surface area contributed by atoms with Gasteiger partial charge >= 0.3 is 0 Å². The van der Waals surface area contributed by atoms with Crippen molar-refractivity contribution in [1.82, 2.24) is 4.90 Å². The molecule has 0 aromatic rings. The van der Waals surface area contributed by atoms with E-state index in [1.807, 2.05) is 0 Å². The minimum Gasteiger partial charge on any atom is -0.446 e. The molecule has 0 radical (unpaired) electrons. The summed E-state index contributed by atoms with van der Waals surface area (Å²) in [4.78, 5) is 31.9. The summed E-state index contributed by atoms with van der Waals surface area (Å²) < 4.78 is 4.22. The Morgan fingerprint density at radius 2 is 1.91 bits per heavy atom. The predicted molar refractivity (Wildman–Crippen MR) is 33.0 cm³/mol. The second-order valence-electron chi connectivity index (χ2n) is 1.83. The van der Waals surface area contributed by atoms with Gasteiger partial charge in [-0.15, -0.1) is 0 Å². The lowest BCUT2D eigenvalue weighted by atomic mass is 10.6. The first-order valence-electron chi connectivity index (χ1n) is 2.84. The van der Waals surface area contributed by atoms with Crippen molar-refractivity contribution < 1.29 is 19.1 Å². The van der Waals surface area contributed by atoms with Crippen molar-refractivity contribution in [2.75, 3.05) is 6.73 Å². The lowest BCUT2D eigenvalue weighted by Gasteiger charge is -2.10. The number of hydrogen-bond donors (Lipinski definition) is 0. The molecule has 0 aromatic carbocycles. The van der Waals surface area contributed by atoms with E-state index in [-0.39, 0.29) is 13.2 Å². The fourth-order valence-electron chi connectivity index (χ4n) is 0.663. The number of hydrogen-bond acceptors (Lipinski definition) is 4. The highest BCUT2D eigenvalue weighted by atomic mass is 16.5. The average Bonchev–Trinajstić information content (AvgIpc) is 2.29. The first-order valence-corrected chi connectivity index (χ1v) is 2.84.